The first-order valence-electron chi connectivity index (χ1n) is 8.45. The fourth-order valence-electron chi connectivity index (χ4n) is 4.20. The third kappa shape index (κ3) is 2.47. The van der Waals surface area contributed by atoms with Crippen molar-refractivity contribution in [1.29, 1.82) is 0 Å². The van der Waals surface area contributed by atoms with Crippen LogP contribution in [0.1, 0.15) is 35.1 Å². The molecule has 0 fully saturated rings. The van der Waals surface area contributed by atoms with Crippen molar-refractivity contribution in [2.45, 2.75) is 25.3 Å². The number of aryl methyl sites for hydroxylation is 1. The summed E-state index contributed by atoms with van der Waals surface area (Å²) in [4.78, 5) is 10.9. The zero-order chi connectivity index (χ0) is 17.6. The molecule has 0 saturated carbocycles. The number of rotatable bonds is 3. The highest BCUT2D eigenvalue weighted by atomic mass is 16.6. The third-order valence-corrected chi connectivity index (χ3v) is 5.34. The quantitative estimate of drug-likeness (QED) is 0.499. The van der Waals surface area contributed by atoms with Crippen molar-refractivity contribution in [1.82, 2.24) is 0 Å². The van der Waals surface area contributed by atoms with Crippen LogP contribution < -0.4 is 10.1 Å². The fourth-order valence-corrected chi connectivity index (χ4v) is 4.20. The Bertz CT molecular complexity index is 875. The maximum Gasteiger partial charge on any atom is 0.270 e. The lowest BCUT2D eigenvalue weighted by atomic mass is 9.76. The van der Waals surface area contributed by atoms with E-state index in [9.17, 15) is 10.1 Å². The van der Waals surface area contributed by atoms with E-state index in [0.29, 0.717) is 5.92 Å². The van der Waals surface area contributed by atoms with Crippen LogP contribution in [-0.2, 0) is 0 Å². The zero-order valence-corrected chi connectivity index (χ0v) is 14.2. The van der Waals surface area contributed by atoms with Gasteiger partial charge in [-0.1, -0.05) is 30.4 Å². The molecule has 0 bridgehead atoms. The van der Waals surface area contributed by atoms with Gasteiger partial charge in [0.1, 0.15) is 5.75 Å². The highest BCUT2D eigenvalue weighted by Crippen LogP contribution is 2.52. The van der Waals surface area contributed by atoms with Gasteiger partial charge >= 0.3 is 0 Å². The van der Waals surface area contributed by atoms with Crippen molar-refractivity contribution in [2.75, 3.05) is 12.4 Å². The maximum atomic E-state index is 11.3. The Morgan fingerprint density at radius 2 is 2.04 bits per heavy atom. The van der Waals surface area contributed by atoms with Gasteiger partial charge in [0.2, 0.25) is 0 Å². The molecular weight excluding hydrogens is 316 g/mol. The summed E-state index contributed by atoms with van der Waals surface area (Å²) in [5.41, 5.74) is 4.23. The molecular formula is C20H20N2O3. The molecule has 128 valence electrons. The topological polar surface area (TPSA) is 64.4 Å². The fraction of sp³-hybridized carbons (Fsp3) is 0.300. The number of nitrogens with one attached hydrogen (secondary N) is 1. The largest absolute Gasteiger partial charge is 0.496 e. The Kier molecular flexibility index (Phi) is 3.71. The minimum Gasteiger partial charge on any atom is -0.496 e. The summed E-state index contributed by atoms with van der Waals surface area (Å²) in [6.45, 7) is 1.93. The van der Waals surface area contributed by atoms with E-state index in [1.165, 1.54) is 0 Å². The van der Waals surface area contributed by atoms with E-state index in [2.05, 4.69) is 23.5 Å². The highest BCUT2D eigenvalue weighted by Gasteiger charge is 2.40. The molecule has 1 aliphatic carbocycles. The van der Waals surface area contributed by atoms with Gasteiger partial charge in [0, 0.05) is 29.3 Å². The van der Waals surface area contributed by atoms with E-state index >= 15 is 0 Å². The first kappa shape index (κ1) is 15.7. The number of ether oxygens (including phenoxy) is 1. The van der Waals surface area contributed by atoms with Crippen molar-refractivity contribution in [2.24, 2.45) is 5.92 Å². The molecule has 5 heteroatoms. The van der Waals surface area contributed by atoms with Gasteiger partial charge in [0.25, 0.3) is 5.69 Å². The van der Waals surface area contributed by atoms with Gasteiger partial charge in [0.15, 0.2) is 0 Å². The molecule has 1 heterocycles. The van der Waals surface area contributed by atoms with Crippen LogP contribution in [-0.4, -0.2) is 12.0 Å². The summed E-state index contributed by atoms with van der Waals surface area (Å²) in [7, 11) is 1.69. The van der Waals surface area contributed by atoms with Gasteiger partial charge in [0.05, 0.1) is 18.1 Å². The monoisotopic (exact) mass is 336 g/mol. The van der Waals surface area contributed by atoms with E-state index < -0.39 is 0 Å². The van der Waals surface area contributed by atoms with Crippen LogP contribution in [0.25, 0.3) is 0 Å². The second-order valence-corrected chi connectivity index (χ2v) is 6.70. The normalized spacial score (nSPS) is 23.5. The van der Waals surface area contributed by atoms with E-state index in [0.717, 1.165) is 34.5 Å². The number of hydrogen-bond donors (Lipinski definition) is 1. The summed E-state index contributed by atoms with van der Waals surface area (Å²) in [6, 6.07) is 11.5. The molecule has 1 aliphatic heterocycles. The number of non-ortho nitro benzene ring substituents is 1. The summed E-state index contributed by atoms with van der Waals surface area (Å²) < 4.78 is 5.57. The average Bonchev–Trinajstić information content (AvgIpc) is 3.11. The minimum atomic E-state index is -0.312. The number of nitro groups is 1. The number of nitrogens with zero attached hydrogens (tertiary/aromatic N) is 1. The molecule has 3 atom stereocenters. The van der Waals surface area contributed by atoms with Gasteiger partial charge in [-0.15, -0.1) is 0 Å². The van der Waals surface area contributed by atoms with Crippen molar-refractivity contribution in [3.05, 3.63) is 75.4 Å². The summed E-state index contributed by atoms with van der Waals surface area (Å²) in [6.07, 6.45) is 5.32. The maximum absolute atomic E-state index is 11.3. The zero-order valence-electron chi connectivity index (χ0n) is 14.2. The number of hydrogen-bond acceptors (Lipinski definition) is 4. The number of fused-ring (bicyclic) bond motifs is 3. The summed E-state index contributed by atoms with van der Waals surface area (Å²) in [5.74, 6) is 1.38. The van der Waals surface area contributed by atoms with Crippen LogP contribution in [0.3, 0.4) is 0 Å². The van der Waals surface area contributed by atoms with Gasteiger partial charge in [-0.2, -0.15) is 0 Å². The number of methoxy groups -OCH3 is 1. The van der Waals surface area contributed by atoms with Crippen LogP contribution in [0.4, 0.5) is 11.4 Å². The van der Waals surface area contributed by atoms with Gasteiger partial charge in [-0.05, 0) is 36.5 Å². The number of para-hydroxylation sites is 1. The van der Waals surface area contributed by atoms with E-state index in [4.69, 9.17) is 4.74 Å². The van der Waals surface area contributed by atoms with Crippen molar-refractivity contribution in [3.63, 3.8) is 0 Å². The lowest BCUT2D eigenvalue weighted by molar-refractivity contribution is -0.385. The van der Waals surface area contributed by atoms with E-state index in [-0.39, 0.29) is 22.6 Å². The molecule has 2 aromatic carbocycles. The molecule has 5 nitrogen and oxygen atoms in total. The molecule has 3 unspecified atom stereocenters. The molecule has 0 amide bonds. The van der Waals surface area contributed by atoms with Gasteiger partial charge < -0.3 is 10.1 Å². The molecule has 2 aromatic rings. The Balaban J connectivity index is 1.84. The number of benzene rings is 2. The Hall–Kier alpha value is -2.82. The SMILES string of the molecule is COc1ccccc1C1Nc2c(C)cc([N+](=O)[O-])cc2C2C=CCC21. The predicted molar refractivity (Wildman–Crippen MR) is 97.2 cm³/mol. The molecule has 0 aromatic heterocycles. The van der Waals surface area contributed by atoms with Crippen molar-refractivity contribution < 1.29 is 9.66 Å². The van der Waals surface area contributed by atoms with Gasteiger partial charge in [-0.3, -0.25) is 10.1 Å². The minimum absolute atomic E-state index is 0.115. The number of anilines is 1. The lowest BCUT2D eigenvalue weighted by Crippen LogP contribution is -2.30. The Labute approximate surface area is 146 Å². The van der Waals surface area contributed by atoms with Crippen LogP contribution in [0.2, 0.25) is 0 Å². The number of allylic oxidation sites excluding steroid dienone is 2. The van der Waals surface area contributed by atoms with Gasteiger partial charge in [-0.25, -0.2) is 0 Å². The van der Waals surface area contributed by atoms with Crippen LogP contribution in [0.15, 0.2) is 48.6 Å². The molecule has 0 spiro atoms. The predicted octanol–water partition coefficient (Wildman–Crippen LogP) is 4.74. The average molecular weight is 336 g/mol. The second kappa shape index (κ2) is 5.92. The molecule has 0 radical (unpaired) electrons. The molecule has 2 aliphatic rings. The first-order chi connectivity index (χ1) is 12.1. The second-order valence-electron chi connectivity index (χ2n) is 6.70. The Morgan fingerprint density at radius 3 is 2.80 bits per heavy atom. The standard InChI is InChI=1S/C20H20N2O3/c1-12-10-13(22(23)24)11-17-14-7-5-8-15(14)20(21-19(12)17)16-6-3-4-9-18(16)25-2/h3-7,9-11,14-15,20-21H,8H2,1-2H3. The third-order valence-electron chi connectivity index (χ3n) is 5.34. The van der Waals surface area contributed by atoms with Crippen LogP contribution >= 0.6 is 0 Å². The van der Waals surface area contributed by atoms with E-state index in [1.807, 2.05) is 25.1 Å². The smallest absolute Gasteiger partial charge is 0.270 e. The molecule has 1 N–H and O–H groups in total. The van der Waals surface area contributed by atoms with Crippen molar-refractivity contribution >= 4 is 11.4 Å². The molecule has 4 rings (SSSR count). The van der Waals surface area contributed by atoms with E-state index in [1.54, 1.807) is 19.2 Å². The Morgan fingerprint density at radius 1 is 1.24 bits per heavy atom. The molecule has 25 heavy (non-hydrogen) atoms. The lowest BCUT2D eigenvalue weighted by Gasteiger charge is -2.38. The molecule has 0 saturated heterocycles. The summed E-state index contributed by atoms with van der Waals surface area (Å²) in [5, 5.41) is 14.9. The van der Waals surface area contributed by atoms with Crippen LogP contribution in [0.5, 0.6) is 5.75 Å². The summed E-state index contributed by atoms with van der Waals surface area (Å²) >= 11 is 0. The van der Waals surface area contributed by atoms with Crippen LogP contribution in [0, 0.1) is 23.0 Å². The first-order valence-corrected chi connectivity index (χ1v) is 8.45. The number of nitro benzene ring substituents is 1. The highest BCUT2D eigenvalue weighted by molar-refractivity contribution is 5.67. The van der Waals surface area contributed by atoms with Crippen molar-refractivity contribution in [3.8, 4) is 5.75 Å².